The minimum Gasteiger partial charge on any atom is -0.408 e. The molecule has 2 unspecified atom stereocenters. The quantitative estimate of drug-likeness (QED) is 0.437. The van der Waals surface area contributed by atoms with Gasteiger partial charge in [0, 0.05) is 18.4 Å². The first-order chi connectivity index (χ1) is 15.0. The molecule has 6 N–H and O–H groups in total. The van der Waals surface area contributed by atoms with Crippen molar-refractivity contribution in [2.24, 2.45) is 10.7 Å². The van der Waals surface area contributed by atoms with Crippen LogP contribution in [-0.2, 0) is 10.4 Å². The predicted molar refractivity (Wildman–Crippen MR) is 119 cm³/mol. The van der Waals surface area contributed by atoms with Crippen molar-refractivity contribution >= 4 is 22.7 Å². The molecule has 5 rings (SSSR count). The van der Waals surface area contributed by atoms with E-state index >= 15 is 0 Å². The molecule has 160 valence electrons. The van der Waals surface area contributed by atoms with Crippen LogP contribution in [0.3, 0.4) is 0 Å². The van der Waals surface area contributed by atoms with Crippen LogP contribution in [0, 0.1) is 0 Å². The Morgan fingerprint density at radius 3 is 2.97 bits per heavy atom. The lowest BCUT2D eigenvalue weighted by atomic mass is 9.92. The third kappa shape index (κ3) is 3.63. The Morgan fingerprint density at radius 1 is 1.26 bits per heavy atom. The molecule has 0 radical (unpaired) electrons. The summed E-state index contributed by atoms with van der Waals surface area (Å²) in [5.74, 6) is 0.0287. The molecule has 0 spiro atoms. The van der Waals surface area contributed by atoms with Crippen LogP contribution >= 0.6 is 0 Å². The van der Waals surface area contributed by atoms with Crippen molar-refractivity contribution in [1.29, 1.82) is 0 Å². The van der Waals surface area contributed by atoms with Crippen LogP contribution in [0.15, 0.2) is 68.4 Å². The second-order valence-corrected chi connectivity index (χ2v) is 7.74. The Balaban J connectivity index is 1.44. The number of oxazole rings is 1. The number of anilines is 1. The lowest BCUT2D eigenvalue weighted by Gasteiger charge is -2.36. The Morgan fingerprint density at radius 2 is 2.13 bits per heavy atom. The first-order valence-electron chi connectivity index (χ1n) is 10.2. The van der Waals surface area contributed by atoms with Gasteiger partial charge in [-0.15, -0.1) is 0 Å². The van der Waals surface area contributed by atoms with Crippen LogP contribution in [0.5, 0.6) is 0 Å². The molecule has 3 aromatic rings. The Bertz CT molecular complexity index is 1240. The van der Waals surface area contributed by atoms with Crippen molar-refractivity contribution in [3.05, 3.63) is 75.9 Å². The Hall–Kier alpha value is -3.40. The topological polar surface area (TPSA) is 130 Å². The molecule has 1 aromatic heterocycles. The lowest BCUT2D eigenvalue weighted by Crippen LogP contribution is -2.57. The fraction of sp³-hybridized carbons (Fsp3) is 0.273. The molecule has 9 nitrogen and oxygen atoms in total. The summed E-state index contributed by atoms with van der Waals surface area (Å²) < 4.78 is 10.7. The molecule has 0 aliphatic carbocycles. The number of rotatable bonds is 3. The largest absolute Gasteiger partial charge is 0.417 e. The number of aromatic amines is 1. The zero-order valence-electron chi connectivity index (χ0n) is 17.1. The average Bonchev–Trinajstić information content (AvgIpc) is 3.16. The van der Waals surface area contributed by atoms with Gasteiger partial charge in [-0.3, -0.25) is 4.98 Å². The summed E-state index contributed by atoms with van der Waals surface area (Å²) in [6, 6.07) is 13.5. The number of aliphatic imine (C=N–C) groups is 1. The molecule has 2 atom stereocenters. The smallest absolute Gasteiger partial charge is 0.408 e. The monoisotopic (exact) mass is 420 g/mol. The van der Waals surface area contributed by atoms with Crippen LogP contribution < -0.4 is 27.4 Å². The zero-order valence-corrected chi connectivity index (χ0v) is 17.1. The van der Waals surface area contributed by atoms with Crippen LogP contribution in [0.1, 0.15) is 24.1 Å². The van der Waals surface area contributed by atoms with Crippen LogP contribution in [0.4, 0.5) is 5.69 Å². The second kappa shape index (κ2) is 7.69. The van der Waals surface area contributed by atoms with Crippen molar-refractivity contribution in [2.45, 2.75) is 18.6 Å². The Labute approximate surface area is 178 Å². The van der Waals surface area contributed by atoms with Crippen molar-refractivity contribution in [2.75, 3.05) is 25.1 Å². The van der Waals surface area contributed by atoms with E-state index in [9.17, 15) is 4.79 Å². The molecule has 0 saturated carbocycles. The highest BCUT2D eigenvalue weighted by atomic mass is 16.5. The SMILES string of the molecule is CC1=CN=C(Nc2ccccc2C2COCCN2)NC1(N)c1ccc2oc(=O)[nH]c2c1. The maximum absolute atomic E-state index is 11.5. The molecule has 1 saturated heterocycles. The Kier molecular flexibility index (Phi) is 4.85. The van der Waals surface area contributed by atoms with Gasteiger partial charge in [0.1, 0.15) is 5.66 Å². The fourth-order valence-electron chi connectivity index (χ4n) is 3.95. The normalized spacial score (nSPS) is 23.7. The molecular formula is C22H24N6O3. The van der Waals surface area contributed by atoms with Gasteiger partial charge in [0.05, 0.1) is 24.8 Å². The first kappa shape index (κ1) is 19.6. The molecule has 3 heterocycles. The summed E-state index contributed by atoms with van der Waals surface area (Å²) in [6.07, 6.45) is 1.74. The number of morpholine rings is 1. The number of aromatic nitrogens is 1. The number of nitrogens with two attached hydrogens (primary N) is 1. The summed E-state index contributed by atoms with van der Waals surface area (Å²) in [5.41, 5.74) is 10.5. The van der Waals surface area contributed by atoms with E-state index in [0.29, 0.717) is 30.3 Å². The molecular weight excluding hydrogens is 396 g/mol. The van der Waals surface area contributed by atoms with Crippen LogP contribution in [-0.4, -0.2) is 30.7 Å². The molecule has 9 heteroatoms. The summed E-state index contributed by atoms with van der Waals surface area (Å²) in [7, 11) is 0. The van der Waals surface area contributed by atoms with Gasteiger partial charge in [-0.1, -0.05) is 24.3 Å². The van der Waals surface area contributed by atoms with Gasteiger partial charge >= 0.3 is 5.76 Å². The van der Waals surface area contributed by atoms with Crippen LogP contribution in [0.25, 0.3) is 11.1 Å². The first-order valence-corrected chi connectivity index (χ1v) is 10.2. The van der Waals surface area contributed by atoms with Gasteiger partial charge < -0.3 is 30.8 Å². The minimum atomic E-state index is -1.01. The van der Waals surface area contributed by atoms with E-state index in [0.717, 1.165) is 28.9 Å². The molecule has 0 amide bonds. The van der Waals surface area contributed by atoms with E-state index in [1.165, 1.54) is 0 Å². The number of nitrogens with one attached hydrogen (secondary N) is 4. The molecule has 31 heavy (non-hydrogen) atoms. The molecule has 0 bridgehead atoms. The summed E-state index contributed by atoms with van der Waals surface area (Å²) in [6.45, 7) is 4.05. The lowest BCUT2D eigenvalue weighted by molar-refractivity contribution is 0.0771. The van der Waals surface area contributed by atoms with Crippen molar-refractivity contribution in [3.63, 3.8) is 0 Å². The minimum absolute atomic E-state index is 0.0990. The second-order valence-electron chi connectivity index (χ2n) is 7.74. The van der Waals surface area contributed by atoms with Gasteiger partial charge in [-0.25, -0.2) is 9.79 Å². The number of fused-ring (bicyclic) bond motifs is 1. The number of H-pyrrole nitrogens is 1. The number of ether oxygens (including phenoxy) is 1. The number of para-hydroxylation sites is 1. The molecule has 2 aliphatic heterocycles. The molecule has 2 aliphatic rings. The third-order valence-corrected chi connectivity index (χ3v) is 5.71. The summed E-state index contributed by atoms with van der Waals surface area (Å²) >= 11 is 0. The molecule has 1 fully saturated rings. The van der Waals surface area contributed by atoms with E-state index in [1.54, 1.807) is 12.3 Å². The van der Waals surface area contributed by atoms with Gasteiger partial charge in [-0.2, -0.15) is 0 Å². The van der Waals surface area contributed by atoms with Crippen molar-refractivity contribution in [3.8, 4) is 0 Å². The third-order valence-electron chi connectivity index (χ3n) is 5.71. The number of hydrogen-bond donors (Lipinski definition) is 5. The van der Waals surface area contributed by atoms with Crippen molar-refractivity contribution in [1.82, 2.24) is 15.6 Å². The fourth-order valence-corrected chi connectivity index (χ4v) is 3.95. The highest BCUT2D eigenvalue weighted by molar-refractivity contribution is 5.96. The van der Waals surface area contributed by atoms with Gasteiger partial charge in [0.15, 0.2) is 5.58 Å². The number of benzene rings is 2. The van der Waals surface area contributed by atoms with Gasteiger partial charge in [0.25, 0.3) is 0 Å². The van der Waals surface area contributed by atoms with Gasteiger partial charge in [-0.05, 0) is 41.8 Å². The van der Waals surface area contributed by atoms with Crippen molar-refractivity contribution < 1.29 is 9.15 Å². The van der Waals surface area contributed by atoms with E-state index < -0.39 is 11.4 Å². The maximum atomic E-state index is 11.5. The van der Waals surface area contributed by atoms with E-state index in [-0.39, 0.29) is 6.04 Å². The summed E-state index contributed by atoms with van der Waals surface area (Å²) in [4.78, 5) is 18.7. The maximum Gasteiger partial charge on any atom is 0.417 e. The predicted octanol–water partition coefficient (Wildman–Crippen LogP) is 1.87. The highest BCUT2D eigenvalue weighted by Crippen LogP contribution is 2.30. The van der Waals surface area contributed by atoms with E-state index in [1.807, 2.05) is 37.3 Å². The molecule has 2 aromatic carbocycles. The van der Waals surface area contributed by atoms with E-state index in [2.05, 4.69) is 32.0 Å². The number of guanidine groups is 1. The number of hydrogen-bond acceptors (Lipinski definition) is 8. The zero-order chi connectivity index (χ0) is 21.4. The standard InChI is InChI=1S/C22H24N6O3/c1-13-11-25-20(26-16-5-3-2-4-15(16)18-12-30-9-8-24-18)28-22(13,23)14-6-7-19-17(10-14)27-21(29)31-19/h2-7,10-11,18,24H,8-9,12,23H2,1H3,(H,27,29)(H2,25,26,28). The van der Waals surface area contributed by atoms with E-state index in [4.69, 9.17) is 14.9 Å². The number of nitrogens with zero attached hydrogens (tertiary/aromatic N) is 1. The van der Waals surface area contributed by atoms with Gasteiger partial charge in [0.2, 0.25) is 5.96 Å². The van der Waals surface area contributed by atoms with Crippen LogP contribution in [0.2, 0.25) is 0 Å². The summed E-state index contributed by atoms with van der Waals surface area (Å²) in [5, 5.41) is 10.2. The average molecular weight is 420 g/mol. The highest BCUT2D eigenvalue weighted by Gasteiger charge is 2.34.